The third-order valence-electron chi connectivity index (χ3n) is 24.9. The molecule has 126 heavy (non-hydrogen) atoms. The zero-order valence-corrected chi connectivity index (χ0v) is 65.4. The zero-order valence-electron chi connectivity index (χ0n) is 65.4. The minimum absolute atomic E-state index is 0.00878. The van der Waals surface area contributed by atoms with Gasteiger partial charge in [0.2, 0.25) is 5.82 Å². The molecule has 0 saturated heterocycles. The molecule has 14 nitrogen and oxygen atoms in total. The molecule has 1 saturated carbocycles. The maximum absolute atomic E-state index is 15.1. The molecule has 3 aliphatic carbocycles. The van der Waals surface area contributed by atoms with Crippen LogP contribution in [0.25, 0.3) is 121 Å². The molecule has 0 N–H and O–H groups in total. The minimum atomic E-state index is -5.31. The summed E-state index contributed by atoms with van der Waals surface area (Å²) in [5.41, 5.74) is -10.4. The van der Waals surface area contributed by atoms with Gasteiger partial charge < -0.3 is 19.6 Å². The molecule has 15 aromatic rings. The van der Waals surface area contributed by atoms with Crippen molar-refractivity contribution >= 4 is 99.6 Å². The molecule has 0 atom stereocenters. The van der Waals surface area contributed by atoms with Gasteiger partial charge in [-0.15, -0.1) is 0 Å². The van der Waals surface area contributed by atoms with E-state index in [1.807, 2.05) is 0 Å². The number of nitrogens with zero attached hydrogens (tertiary/aromatic N) is 12. The average Bonchev–Trinajstić information content (AvgIpc) is 1.49. The van der Waals surface area contributed by atoms with Crippen molar-refractivity contribution in [3.05, 3.63) is 280 Å². The molecule has 0 amide bonds. The summed E-state index contributed by atoms with van der Waals surface area (Å²) in [6, 6.07) is 40.5. The molecule has 0 bridgehead atoms. The van der Waals surface area contributed by atoms with Crippen LogP contribution in [0.2, 0.25) is 0 Å². The normalized spacial score (nSPS) is 14.8. The number of fused-ring (bicyclic) bond motifs is 17. The maximum atomic E-state index is 15.1. The summed E-state index contributed by atoms with van der Waals surface area (Å²) >= 11 is 0. The first-order valence-corrected chi connectivity index (χ1v) is 38.0. The first kappa shape index (κ1) is 82.2. The molecule has 6 heterocycles. The number of nitriles is 4. The molecule has 5 aliphatic rings. The molecule has 2 aliphatic heterocycles. The Balaban J connectivity index is 0.000000135. The lowest BCUT2D eigenvalue weighted by Crippen LogP contribution is -2.79. The van der Waals surface area contributed by atoms with Crippen LogP contribution in [-0.2, 0) is 24.5 Å². The van der Waals surface area contributed by atoms with E-state index in [1.54, 1.807) is 24.3 Å². The second-order valence-electron chi connectivity index (χ2n) is 31.1. The monoisotopic (exact) mass is 1730 g/mol. The Hall–Kier alpha value is -14.8. The van der Waals surface area contributed by atoms with E-state index in [0.717, 1.165) is 60.6 Å². The van der Waals surface area contributed by atoms with Crippen LogP contribution in [0.5, 0.6) is 0 Å². The number of hydrogen-bond donors (Lipinski definition) is 0. The molecule has 0 radical (unpaired) electrons. The Kier molecular flexibility index (Phi) is 18.2. The van der Waals surface area contributed by atoms with Crippen LogP contribution in [0.4, 0.5) is 111 Å². The number of likely N-dealkylation sites (N-methyl/N-ethyl adjacent to an activating group) is 4. The van der Waals surface area contributed by atoms with Crippen molar-refractivity contribution in [2.24, 2.45) is 0 Å². The van der Waals surface area contributed by atoms with Gasteiger partial charge in [0, 0.05) is 89.7 Å². The van der Waals surface area contributed by atoms with E-state index in [0.29, 0.717) is 23.5 Å². The van der Waals surface area contributed by atoms with Crippen LogP contribution in [0.1, 0.15) is 82.7 Å². The highest BCUT2D eigenvalue weighted by Crippen LogP contribution is 2.62. The number of imidazole rings is 2. The number of halogens is 20. The molecule has 34 heteroatoms. The van der Waals surface area contributed by atoms with E-state index in [-0.39, 0.29) is 117 Å². The Labute approximate surface area is 695 Å². The number of pyridine rings is 2. The number of benzene rings is 11. The molecule has 2 spiro atoms. The van der Waals surface area contributed by atoms with E-state index in [2.05, 4.69) is 106 Å². The summed E-state index contributed by atoms with van der Waals surface area (Å²) in [7, 11) is 9.17. The predicted molar refractivity (Wildman–Crippen MR) is 428 cm³/mol. The zero-order chi connectivity index (χ0) is 90.2. The number of allylic oxidation sites excluding steroid dienone is 2. The fraction of sp³-hybridized carbons (Fsp3) is 0.174. The van der Waals surface area contributed by atoms with E-state index < -0.39 is 177 Å². The number of rotatable bonds is 3. The molecule has 1 fully saturated rings. The van der Waals surface area contributed by atoms with E-state index in [9.17, 15) is 110 Å². The van der Waals surface area contributed by atoms with Gasteiger partial charge >= 0.3 is 18.5 Å². The summed E-state index contributed by atoms with van der Waals surface area (Å²) < 4.78 is 286. The minimum Gasteiger partial charge on any atom is -0.347 e. The lowest BCUT2D eigenvalue weighted by atomic mass is 9.75. The molecule has 630 valence electrons. The van der Waals surface area contributed by atoms with Crippen molar-refractivity contribution in [3.63, 3.8) is 0 Å². The first-order chi connectivity index (χ1) is 59.5. The molecular formula is C92H50F20N12O2. The van der Waals surface area contributed by atoms with Gasteiger partial charge in [-0.05, 0) is 185 Å². The summed E-state index contributed by atoms with van der Waals surface area (Å²) in [5.74, 6) is -21.3. The van der Waals surface area contributed by atoms with Crippen LogP contribution in [0.3, 0.4) is 0 Å². The number of alkyl halides is 11. The highest BCUT2D eigenvalue weighted by atomic mass is 19.4. The molecule has 11 aromatic carbocycles. The largest absolute Gasteiger partial charge is 0.418 e. The molecule has 20 rings (SSSR count). The summed E-state index contributed by atoms with van der Waals surface area (Å²) in [5, 5.41) is 39.0. The van der Waals surface area contributed by atoms with E-state index >= 15 is 8.78 Å². The third kappa shape index (κ3) is 11.2. The van der Waals surface area contributed by atoms with Gasteiger partial charge in [0.15, 0.2) is 57.9 Å². The van der Waals surface area contributed by atoms with E-state index in [1.165, 1.54) is 72.0 Å². The van der Waals surface area contributed by atoms with Crippen molar-refractivity contribution in [2.45, 2.75) is 75.3 Å². The van der Waals surface area contributed by atoms with Crippen molar-refractivity contribution in [1.29, 1.82) is 21.0 Å². The second-order valence-corrected chi connectivity index (χ2v) is 31.1. The van der Waals surface area contributed by atoms with Crippen molar-refractivity contribution in [3.8, 4) is 68.8 Å². The average molecular weight is 1740 g/mol. The van der Waals surface area contributed by atoms with Crippen LogP contribution in [0.15, 0.2) is 166 Å². The van der Waals surface area contributed by atoms with Crippen LogP contribution >= 0.6 is 0 Å². The smallest absolute Gasteiger partial charge is 0.347 e. The lowest BCUT2D eigenvalue weighted by Gasteiger charge is -2.62. The Morgan fingerprint density at radius 3 is 1.05 bits per heavy atom. The van der Waals surface area contributed by atoms with E-state index in [4.69, 9.17) is 0 Å². The number of aromatic nitrogens is 4. The van der Waals surface area contributed by atoms with Crippen molar-refractivity contribution in [2.75, 3.05) is 47.8 Å². The Morgan fingerprint density at radius 2 is 0.706 bits per heavy atom. The van der Waals surface area contributed by atoms with Crippen LogP contribution in [0, 0.1) is 105 Å². The lowest BCUT2D eigenvalue weighted by molar-refractivity contribution is -0.142. The highest BCUT2D eigenvalue weighted by molar-refractivity contribution is 6.28. The second kappa shape index (κ2) is 27.9. The predicted octanol–water partition coefficient (Wildman–Crippen LogP) is 22.9. The van der Waals surface area contributed by atoms with Gasteiger partial charge in [-0.2, -0.15) is 60.6 Å². The standard InChI is InChI=1S/C39H11F9N4.C31H11F11N4O2.C22H28N4/c1-14-31(40)33(42)29(34(43)32(14)41)15-2-4-19-21-8-26-22(9-25(21)27(23(19)6-15)17(10-49)11-50)20-5-3-16(7-24(20)28(26)18(12-51)13-52)30-35(44)37(46)39(48)38(47)36(30)45;1-28(32,33)10-6-16(30(37,38)39)22-18(8-10)45-24(43-22)12-2-5-15-21-13(3-4-14(20(12)21)26(45)47)25-44-23-17(31(40,41)42)7-11(29(34,35)36)9-19(23)46(25)27(15)48;1-23-17-11-5-6-12-18(17)24(2)21(23)15-9-10-16-22(21)25(3)19-13-7-8-14-20(19)26(22)4/h2-9H,1H3;2-9H,1H3;5-8,11-14H,9-10,15-16H2,1-4H3. The maximum Gasteiger partial charge on any atom is 0.418 e. The van der Waals surface area contributed by atoms with Gasteiger partial charge in [0.05, 0.1) is 61.6 Å². The van der Waals surface area contributed by atoms with Gasteiger partial charge in [-0.25, -0.2) is 58.3 Å². The summed E-state index contributed by atoms with van der Waals surface area (Å²) in [4.78, 5) is 45.9. The molecule has 0 unspecified atom stereocenters. The van der Waals surface area contributed by atoms with Crippen LogP contribution < -0.4 is 30.7 Å². The summed E-state index contributed by atoms with van der Waals surface area (Å²) in [6.45, 7) is 1.24. The Bertz CT molecular complexity index is 7220. The van der Waals surface area contributed by atoms with Crippen molar-refractivity contribution < 1.29 is 87.8 Å². The van der Waals surface area contributed by atoms with Gasteiger partial charge in [0.25, 0.3) is 17.0 Å². The number of anilines is 4. The van der Waals surface area contributed by atoms with Gasteiger partial charge in [-0.1, -0.05) is 48.5 Å². The van der Waals surface area contributed by atoms with Gasteiger partial charge in [0.1, 0.15) is 57.8 Å². The number of hydrogen-bond acceptors (Lipinski definition) is 12. The topological polar surface area (TPSA) is 177 Å². The Morgan fingerprint density at radius 1 is 0.381 bits per heavy atom. The molecule has 4 aromatic heterocycles. The van der Waals surface area contributed by atoms with Crippen molar-refractivity contribution in [1.82, 2.24) is 18.8 Å². The third-order valence-corrected chi connectivity index (χ3v) is 24.9. The number of para-hydroxylation sites is 4. The first-order valence-electron chi connectivity index (χ1n) is 38.0. The summed E-state index contributed by atoms with van der Waals surface area (Å²) in [6.07, 6.45) is -10.8. The SMILES string of the molecule is CC(F)(F)c1cc(C(F)(F)F)c2nc3c4ccc5c(=O)n6c7cc(C(F)(F)F)cc(C(F)(F)F)c7nc6c6ccc(c(=O)n3c2c1)c4c56.CN1c2ccccc2N(C)C12CCCCC21N(C)c2ccccc2N1C.Cc1c(F)c(F)c(-c2ccc3c(c2)C(=C(C#N)C#N)c2cc4c(cc2-3)C(=C(C#N)C#N)c2cc(-c3c(F)c(F)c(F)c(F)c3F)ccc2-4)c(F)c1F. The molecular weight excluding hydrogens is 1690 g/mol. The fourth-order valence-corrected chi connectivity index (χ4v) is 19.3. The quantitative estimate of drug-likeness (QED) is 0.0538. The van der Waals surface area contributed by atoms with Crippen LogP contribution in [-0.4, -0.2) is 58.3 Å². The highest BCUT2D eigenvalue weighted by Gasteiger charge is 2.68. The van der Waals surface area contributed by atoms with Gasteiger partial charge in [-0.3, -0.25) is 18.4 Å². The fourth-order valence-electron chi connectivity index (χ4n) is 19.3.